The first kappa shape index (κ1) is 13.9. The standard InChI is InChI=1S/C15H21ClO2/c1-11-3-8-14(18-11)15(16)13-6-4-12(5-7-13)9-10-17-2/h4-7,11,14-15H,3,8-10H2,1-2H3. The van der Waals surface area contributed by atoms with Crippen LogP contribution in [0.2, 0.25) is 0 Å². The van der Waals surface area contributed by atoms with E-state index < -0.39 is 0 Å². The van der Waals surface area contributed by atoms with E-state index in [1.165, 1.54) is 5.56 Å². The molecule has 1 aliphatic heterocycles. The molecule has 3 heteroatoms. The molecule has 0 radical (unpaired) electrons. The summed E-state index contributed by atoms with van der Waals surface area (Å²) in [5.74, 6) is 0. The fourth-order valence-electron chi connectivity index (χ4n) is 2.35. The highest BCUT2D eigenvalue weighted by molar-refractivity contribution is 6.21. The van der Waals surface area contributed by atoms with Gasteiger partial charge in [0.1, 0.15) is 0 Å². The van der Waals surface area contributed by atoms with Crippen molar-refractivity contribution in [3.05, 3.63) is 35.4 Å². The Labute approximate surface area is 114 Å². The lowest BCUT2D eigenvalue weighted by Gasteiger charge is -2.18. The zero-order valence-corrected chi connectivity index (χ0v) is 11.8. The summed E-state index contributed by atoms with van der Waals surface area (Å²) in [6.07, 6.45) is 3.62. The van der Waals surface area contributed by atoms with Gasteiger partial charge in [-0.15, -0.1) is 11.6 Å². The molecule has 1 aliphatic rings. The Hall–Kier alpha value is -0.570. The lowest BCUT2D eigenvalue weighted by atomic mass is 10.0. The van der Waals surface area contributed by atoms with Crippen LogP contribution in [0.4, 0.5) is 0 Å². The molecule has 3 atom stereocenters. The van der Waals surface area contributed by atoms with Gasteiger partial charge in [-0.25, -0.2) is 0 Å². The minimum atomic E-state index is -0.0357. The van der Waals surface area contributed by atoms with Crippen LogP contribution in [0, 0.1) is 0 Å². The lowest BCUT2D eigenvalue weighted by Crippen LogP contribution is -2.14. The zero-order valence-electron chi connectivity index (χ0n) is 11.1. The minimum absolute atomic E-state index is 0.0357. The molecule has 1 aromatic carbocycles. The maximum Gasteiger partial charge on any atom is 0.0847 e. The van der Waals surface area contributed by atoms with E-state index in [-0.39, 0.29) is 11.5 Å². The third-order valence-electron chi connectivity index (χ3n) is 3.48. The highest BCUT2D eigenvalue weighted by atomic mass is 35.5. The molecular weight excluding hydrogens is 248 g/mol. The number of hydrogen-bond acceptors (Lipinski definition) is 2. The van der Waals surface area contributed by atoms with Gasteiger partial charge in [0.15, 0.2) is 0 Å². The average molecular weight is 269 g/mol. The van der Waals surface area contributed by atoms with Crippen molar-refractivity contribution in [2.75, 3.05) is 13.7 Å². The second-order valence-corrected chi connectivity index (χ2v) is 5.42. The van der Waals surface area contributed by atoms with Crippen LogP contribution in [0.1, 0.15) is 36.3 Å². The molecule has 0 spiro atoms. The smallest absolute Gasteiger partial charge is 0.0847 e. The predicted octanol–water partition coefficient (Wildman–Crippen LogP) is 3.72. The molecule has 0 bridgehead atoms. The molecular formula is C15H21ClO2. The van der Waals surface area contributed by atoms with Gasteiger partial charge < -0.3 is 9.47 Å². The largest absolute Gasteiger partial charge is 0.384 e. The summed E-state index contributed by atoms with van der Waals surface area (Å²) in [5.41, 5.74) is 2.43. The lowest BCUT2D eigenvalue weighted by molar-refractivity contribution is 0.0533. The van der Waals surface area contributed by atoms with Gasteiger partial charge in [-0.3, -0.25) is 0 Å². The van der Waals surface area contributed by atoms with E-state index in [1.54, 1.807) is 7.11 Å². The van der Waals surface area contributed by atoms with Crippen molar-refractivity contribution in [3.63, 3.8) is 0 Å². The van der Waals surface area contributed by atoms with Crippen LogP contribution in [-0.4, -0.2) is 25.9 Å². The van der Waals surface area contributed by atoms with E-state index in [9.17, 15) is 0 Å². The van der Waals surface area contributed by atoms with Crippen LogP contribution in [0.3, 0.4) is 0 Å². The SMILES string of the molecule is COCCc1ccc(C(Cl)C2CCC(C)O2)cc1. The van der Waals surface area contributed by atoms with Crippen molar-refractivity contribution in [2.45, 2.75) is 43.8 Å². The number of rotatable bonds is 5. The molecule has 100 valence electrons. The number of alkyl halides is 1. The number of halogens is 1. The van der Waals surface area contributed by atoms with Gasteiger partial charge in [-0.05, 0) is 37.3 Å². The van der Waals surface area contributed by atoms with Crippen molar-refractivity contribution in [3.8, 4) is 0 Å². The summed E-state index contributed by atoms with van der Waals surface area (Å²) in [4.78, 5) is 0. The summed E-state index contributed by atoms with van der Waals surface area (Å²) < 4.78 is 10.9. The monoisotopic (exact) mass is 268 g/mol. The Balaban J connectivity index is 1.96. The molecule has 18 heavy (non-hydrogen) atoms. The van der Waals surface area contributed by atoms with Crippen molar-refractivity contribution in [2.24, 2.45) is 0 Å². The van der Waals surface area contributed by atoms with E-state index in [4.69, 9.17) is 21.1 Å². The van der Waals surface area contributed by atoms with E-state index >= 15 is 0 Å². The van der Waals surface area contributed by atoms with Crippen molar-refractivity contribution < 1.29 is 9.47 Å². The molecule has 1 saturated heterocycles. The Morgan fingerprint density at radius 3 is 2.61 bits per heavy atom. The van der Waals surface area contributed by atoms with Crippen LogP contribution in [-0.2, 0) is 15.9 Å². The maximum absolute atomic E-state index is 6.48. The van der Waals surface area contributed by atoms with Gasteiger partial charge in [-0.1, -0.05) is 24.3 Å². The normalized spacial score (nSPS) is 25.3. The molecule has 2 rings (SSSR count). The molecule has 3 unspecified atom stereocenters. The van der Waals surface area contributed by atoms with Crippen LogP contribution in [0.5, 0.6) is 0 Å². The summed E-state index contributed by atoms with van der Waals surface area (Å²) in [7, 11) is 1.72. The quantitative estimate of drug-likeness (QED) is 0.758. The second-order valence-electron chi connectivity index (χ2n) is 4.95. The summed E-state index contributed by atoms with van der Waals surface area (Å²) in [6.45, 7) is 2.87. The Morgan fingerprint density at radius 1 is 1.33 bits per heavy atom. The van der Waals surface area contributed by atoms with Gasteiger partial charge in [0.05, 0.1) is 24.2 Å². The summed E-state index contributed by atoms with van der Waals surface area (Å²) in [6, 6.07) is 8.47. The van der Waals surface area contributed by atoms with E-state index in [2.05, 4.69) is 31.2 Å². The van der Waals surface area contributed by atoms with E-state index in [0.717, 1.165) is 31.4 Å². The van der Waals surface area contributed by atoms with Gasteiger partial charge in [0.25, 0.3) is 0 Å². The molecule has 1 fully saturated rings. The van der Waals surface area contributed by atoms with E-state index in [1.807, 2.05) is 0 Å². The van der Waals surface area contributed by atoms with Crippen LogP contribution in [0.25, 0.3) is 0 Å². The molecule has 0 amide bonds. The van der Waals surface area contributed by atoms with Gasteiger partial charge in [0, 0.05) is 7.11 Å². The molecule has 1 aromatic rings. The maximum atomic E-state index is 6.48. The topological polar surface area (TPSA) is 18.5 Å². The second kappa shape index (κ2) is 6.55. The highest BCUT2D eigenvalue weighted by Crippen LogP contribution is 2.34. The van der Waals surface area contributed by atoms with Gasteiger partial charge in [-0.2, -0.15) is 0 Å². The fraction of sp³-hybridized carbons (Fsp3) is 0.600. The summed E-state index contributed by atoms with van der Waals surface area (Å²) >= 11 is 6.48. The van der Waals surface area contributed by atoms with Crippen molar-refractivity contribution in [1.29, 1.82) is 0 Å². The predicted molar refractivity (Wildman–Crippen MR) is 74.2 cm³/mol. The molecule has 0 saturated carbocycles. The fourth-order valence-corrected chi connectivity index (χ4v) is 2.68. The van der Waals surface area contributed by atoms with Crippen LogP contribution in [0.15, 0.2) is 24.3 Å². The Bertz CT molecular complexity index is 363. The third kappa shape index (κ3) is 3.47. The molecule has 1 heterocycles. The Morgan fingerprint density at radius 2 is 2.06 bits per heavy atom. The molecule has 0 aliphatic carbocycles. The first-order valence-electron chi connectivity index (χ1n) is 6.58. The first-order valence-corrected chi connectivity index (χ1v) is 7.01. The minimum Gasteiger partial charge on any atom is -0.384 e. The third-order valence-corrected chi connectivity index (χ3v) is 4.02. The Kier molecular flexibility index (Phi) is 5.04. The molecule has 2 nitrogen and oxygen atoms in total. The van der Waals surface area contributed by atoms with Crippen molar-refractivity contribution >= 4 is 11.6 Å². The first-order chi connectivity index (χ1) is 8.70. The average Bonchev–Trinajstić information content (AvgIpc) is 2.83. The number of benzene rings is 1. The molecule has 0 N–H and O–H groups in total. The van der Waals surface area contributed by atoms with Crippen LogP contribution >= 0.6 is 11.6 Å². The molecule has 0 aromatic heterocycles. The highest BCUT2D eigenvalue weighted by Gasteiger charge is 2.29. The van der Waals surface area contributed by atoms with Crippen molar-refractivity contribution in [1.82, 2.24) is 0 Å². The zero-order chi connectivity index (χ0) is 13.0. The number of ether oxygens (including phenoxy) is 2. The van der Waals surface area contributed by atoms with E-state index in [0.29, 0.717) is 6.10 Å². The van der Waals surface area contributed by atoms with Gasteiger partial charge >= 0.3 is 0 Å². The van der Waals surface area contributed by atoms with Crippen LogP contribution < -0.4 is 0 Å². The summed E-state index contributed by atoms with van der Waals surface area (Å²) in [5, 5.41) is -0.0357. The van der Waals surface area contributed by atoms with Gasteiger partial charge in [0.2, 0.25) is 0 Å². The number of hydrogen-bond donors (Lipinski definition) is 0. The number of methoxy groups -OCH3 is 1.